The molecule has 2 aromatic rings. The van der Waals surface area contributed by atoms with E-state index in [2.05, 4.69) is 5.32 Å². The number of nitrogens with zero attached hydrogens (tertiary/aromatic N) is 1. The van der Waals surface area contributed by atoms with Crippen LogP contribution in [0.5, 0.6) is 5.75 Å². The van der Waals surface area contributed by atoms with Crippen LogP contribution in [0.4, 0.5) is 4.39 Å². The monoisotopic (exact) mass is 384 g/mol. The standard InChI is InChI=1S/C22H25FN2O3/c1-25(2)20(26)15-28-19-7-5-6-16(14-19)21(27)24-22(12-3-4-13-22)17-8-10-18(23)11-9-17/h5-11,14H,3-4,12-13,15H2,1-2H3,(H,24,27). The van der Waals surface area contributed by atoms with E-state index in [1.165, 1.54) is 17.0 Å². The highest BCUT2D eigenvalue weighted by molar-refractivity contribution is 5.95. The second-order valence-electron chi connectivity index (χ2n) is 7.35. The van der Waals surface area contributed by atoms with Gasteiger partial charge < -0.3 is 15.0 Å². The Hall–Kier alpha value is -2.89. The Kier molecular flexibility index (Phi) is 5.97. The lowest BCUT2D eigenvalue weighted by molar-refractivity contribution is -0.130. The van der Waals surface area contributed by atoms with Gasteiger partial charge in [0.1, 0.15) is 11.6 Å². The van der Waals surface area contributed by atoms with Crippen molar-refractivity contribution in [3.8, 4) is 5.75 Å². The van der Waals surface area contributed by atoms with Gasteiger partial charge in [-0.1, -0.05) is 31.0 Å². The fraction of sp³-hybridized carbons (Fsp3) is 0.364. The molecule has 6 heteroatoms. The third kappa shape index (κ3) is 4.50. The molecule has 0 spiro atoms. The van der Waals surface area contributed by atoms with Crippen LogP contribution in [0.3, 0.4) is 0 Å². The molecule has 0 unspecified atom stereocenters. The van der Waals surface area contributed by atoms with Crippen molar-refractivity contribution in [3.05, 3.63) is 65.5 Å². The van der Waals surface area contributed by atoms with Crippen molar-refractivity contribution < 1.29 is 18.7 Å². The number of halogens is 1. The average Bonchev–Trinajstić information content (AvgIpc) is 3.16. The molecule has 1 aliphatic carbocycles. The van der Waals surface area contributed by atoms with Crippen molar-refractivity contribution in [2.45, 2.75) is 31.2 Å². The summed E-state index contributed by atoms with van der Waals surface area (Å²) in [7, 11) is 3.32. The van der Waals surface area contributed by atoms with Gasteiger partial charge in [-0.15, -0.1) is 0 Å². The number of carbonyl (C=O) groups excluding carboxylic acids is 2. The van der Waals surface area contributed by atoms with E-state index >= 15 is 0 Å². The van der Waals surface area contributed by atoms with Gasteiger partial charge in [-0.3, -0.25) is 9.59 Å². The molecule has 0 aliphatic heterocycles. The highest BCUT2D eigenvalue weighted by Crippen LogP contribution is 2.39. The second-order valence-corrected chi connectivity index (χ2v) is 7.35. The van der Waals surface area contributed by atoms with E-state index in [-0.39, 0.29) is 24.2 Å². The van der Waals surface area contributed by atoms with E-state index in [1.54, 1.807) is 50.5 Å². The number of carbonyl (C=O) groups is 2. The number of rotatable bonds is 6. The van der Waals surface area contributed by atoms with Crippen LogP contribution in [-0.4, -0.2) is 37.4 Å². The number of amides is 2. The lowest BCUT2D eigenvalue weighted by Crippen LogP contribution is -2.43. The van der Waals surface area contributed by atoms with Crippen molar-refractivity contribution in [2.75, 3.05) is 20.7 Å². The van der Waals surface area contributed by atoms with Crippen molar-refractivity contribution in [2.24, 2.45) is 0 Å². The summed E-state index contributed by atoms with van der Waals surface area (Å²) in [5.41, 5.74) is 0.898. The van der Waals surface area contributed by atoms with Gasteiger partial charge in [-0.25, -0.2) is 4.39 Å². The maximum atomic E-state index is 13.3. The molecule has 148 valence electrons. The molecule has 3 rings (SSSR count). The van der Waals surface area contributed by atoms with E-state index in [0.29, 0.717) is 11.3 Å². The summed E-state index contributed by atoms with van der Waals surface area (Å²) < 4.78 is 18.8. The molecular weight excluding hydrogens is 359 g/mol. The maximum Gasteiger partial charge on any atom is 0.259 e. The Morgan fingerprint density at radius 3 is 2.43 bits per heavy atom. The minimum Gasteiger partial charge on any atom is -0.484 e. The zero-order valence-electron chi connectivity index (χ0n) is 16.2. The molecule has 5 nitrogen and oxygen atoms in total. The highest BCUT2D eigenvalue weighted by Gasteiger charge is 2.37. The summed E-state index contributed by atoms with van der Waals surface area (Å²) in [4.78, 5) is 26.1. The normalized spacial score (nSPS) is 15.1. The van der Waals surface area contributed by atoms with Crippen LogP contribution in [0.1, 0.15) is 41.6 Å². The summed E-state index contributed by atoms with van der Waals surface area (Å²) in [6, 6.07) is 13.1. The predicted octanol–water partition coefficient (Wildman–Crippen LogP) is 3.49. The summed E-state index contributed by atoms with van der Waals surface area (Å²) in [6.07, 6.45) is 3.65. The van der Waals surface area contributed by atoms with Crippen molar-refractivity contribution in [3.63, 3.8) is 0 Å². The van der Waals surface area contributed by atoms with Gasteiger partial charge in [0.2, 0.25) is 0 Å². The van der Waals surface area contributed by atoms with Crippen LogP contribution in [0, 0.1) is 5.82 Å². The summed E-state index contributed by atoms with van der Waals surface area (Å²) >= 11 is 0. The van der Waals surface area contributed by atoms with Crippen molar-refractivity contribution in [1.29, 1.82) is 0 Å². The molecule has 2 amide bonds. The number of ether oxygens (including phenoxy) is 1. The second kappa shape index (κ2) is 8.42. The van der Waals surface area contributed by atoms with Gasteiger partial charge in [0, 0.05) is 19.7 Å². The first-order valence-electron chi connectivity index (χ1n) is 9.41. The number of nitrogens with one attached hydrogen (secondary N) is 1. The van der Waals surface area contributed by atoms with E-state index < -0.39 is 5.54 Å². The van der Waals surface area contributed by atoms with Gasteiger partial charge in [-0.2, -0.15) is 0 Å². The number of likely N-dealkylation sites (N-methyl/N-ethyl adjacent to an activating group) is 1. The first-order chi connectivity index (χ1) is 13.4. The molecule has 1 fully saturated rings. The van der Waals surface area contributed by atoms with Crippen LogP contribution >= 0.6 is 0 Å². The first kappa shape index (κ1) is 19.9. The third-order valence-electron chi connectivity index (χ3n) is 5.16. The fourth-order valence-electron chi connectivity index (χ4n) is 3.52. The first-order valence-corrected chi connectivity index (χ1v) is 9.41. The van der Waals surface area contributed by atoms with Gasteiger partial charge >= 0.3 is 0 Å². The molecular formula is C22H25FN2O3. The molecule has 0 saturated heterocycles. The van der Waals surface area contributed by atoms with Gasteiger partial charge in [0.05, 0.1) is 5.54 Å². The Morgan fingerprint density at radius 2 is 1.79 bits per heavy atom. The summed E-state index contributed by atoms with van der Waals surface area (Å²) in [6.45, 7) is -0.0857. The van der Waals surface area contributed by atoms with Gasteiger partial charge in [0.15, 0.2) is 6.61 Å². The summed E-state index contributed by atoms with van der Waals surface area (Å²) in [5, 5.41) is 3.16. The molecule has 0 aromatic heterocycles. The smallest absolute Gasteiger partial charge is 0.259 e. The quantitative estimate of drug-likeness (QED) is 0.829. The molecule has 0 heterocycles. The van der Waals surface area contributed by atoms with Gasteiger partial charge in [-0.05, 0) is 48.7 Å². The van der Waals surface area contributed by atoms with Crippen LogP contribution in [-0.2, 0) is 10.3 Å². The lowest BCUT2D eigenvalue weighted by Gasteiger charge is -2.31. The van der Waals surface area contributed by atoms with Crippen LogP contribution in [0.2, 0.25) is 0 Å². The van der Waals surface area contributed by atoms with Crippen molar-refractivity contribution in [1.82, 2.24) is 10.2 Å². The Balaban J connectivity index is 1.75. The molecule has 0 atom stereocenters. The largest absolute Gasteiger partial charge is 0.484 e. The lowest BCUT2D eigenvalue weighted by atomic mass is 9.87. The SMILES string of the molecule is CN(C)C(=O)COc1cccc(C(=O)NC2(c3ccc(F)cc3)CCCC2)c1. The third-order valence-corrected chi connectivity index (χ3v) is 5.16. The highest BCUT2D eigenvalue weighted by atomic mass is 19.1. The van der Waals surface area contributed by atoms with Crippen LogP contribution < -0.4 is 10.1 Å². The number of hydrogen-bond acceptors (Lipinski definition) is 3. The van der Waals surface area contributed by atoms with Crippen LogP contribution in [0.15, 0.2) is 48.5 Å². The Morgan fingerprint density at radius 1 is 1.11 bits per heavy atom. The molecule has 2 aromatic carbocycles. The molecule has 0 radical (unpaired) electrons. The zero-order valence-corrected chi connectivity index (χ0v) is 16.2. The minimum atomic E-state index is -0.484. The van der Waals surface area contributed by atoms with Crippen molar-refractivity contribution >= 4 is 11.8 Å². The fourth-order valence-corrected chi connectivity index (χ4v) is 3.52. The molecule has 1 aliphatic rings. The molecule has 1 N–H and O–H groups in total. The van der Waals surface area contributed by atoms with E-state index in [0.717, 1.165) is 31.2 Å². The molecule has 0 bridgehead atoms. The Labute approximate surface area is 164 Å². The zero-order chi connectivity index (χ0) is 20.1. The average molecular weight is 384 g/mol. The minimum absolute atomic E-state index is 0.0857. The maximum absolute atomic E-state index is 13.3. The number of benzene rings is 2. The van der Waals surface area contributed by atoms with E-state index in [4.69, 9.17) is 4.74 Å². The molecule has 28 heavy (non-hydrogen) atoms. The summed E-state index contributed by atoms with van der Waals surface area (Å²) in [5.74, 6) is -0.197. The Bertz CT molecular complexity index is 843. The van der Waals surface area contributed by atoms with E-state index in [9.17, 15) is 14.0 Å². The van der Waals surface area contributed by atoms with Gasteiger partial charge in [0.25, 0.3) is 11.8 Å². The molecule has 1 saturated carbocycles. The topological polar surface area (TPSA) is 58.6 Å². The number of hydrogen-bond donors (Lipinski definition) is 1. The van der Waals surface area contributed by atoms with E-state index in [1.807, 2.05) is 0 Å². The predicted molar refractivity (Wildman–Crippen MR) is 105 cm³/mol. The van der Waals surface area contributed by atoms with Crippen LogP contribution in [0.25, 0.3) is 0 Å².